The lowest BCUT2D eigenvalue weighted by atomic mass is 10.1. The highest BCUT2D eigenvalue weighted by Gasteiger charge is 2.11. The molecular weight excluding hydrogens is 368 g/mol. The lowest BCUT2D eigenvalue weighted by Crippen LogP contribution is -2.40. The Hall–Kier alpha value is -3.03. The second-order valence-corrected chi connectivity index (χ2v) is 5.70. The van der Waals surface area contributed by atoms with Crippen LogP contribution in [0.5, 0.6) is 17.2 Å². The van der Waals surface area contributed by atoms with E-state index in [1.165, 1.54) is 7.11 Å². The molecule has 0 aliphatic heterocycles. The monoisotopic (exact) mass is 393 g/mol. The van der Waals surface area contributed by atoms with Crippen LogP contribution in [-0.4, -0.2) is 46.4 Å². The third-order valence-electron chi connectivity index (χ3n) is 3.78. The number of rotatable bonds is 10. The van der Waals surface area contributed by atoms with E-state index in [9.17, 15) is 8.78 Å². The molecule has 0 bridgehead atoms. The summed E-state index contributed by atoms with van der Waals surface area (Å²) in [5.74, 6) is 1.74. The molecule has 8 heteroatoms. The van der Waals surface area contributed by atoms with Crippen LogP contribution >= 0.6 is 0 Å². The van der Waals surface area contributed by atoms with Crippen molar-refractivity contribution in [2.24, 2.45) is 4.99 Å². The molecule has 28 heavy (non-hydrogen) atoms. The SMILES string of the molecule is CN=C(NCCOc1ccccc1)NCCc1ccc(OC)c(OC(F)F)c1. The summed E-state index contributed by atoms with van der Waals surface area (Å²) in [6.45, 7) is -1.25. The lowest BCUT2D eigenvalue weighted by molar-refractivity contribution is -0.0512. The van der Waals surface area contributed by atoms with Crippen molar-refractivity contribution < 1.29 is 23.0 Å². The van der Waals surface area contributed by atoms with Gasteiger partial charge in [0.1, 0.15) is 12.4 Å². The van der Waals surface area contributed by atoms with E-state index in [1.807, 2.05) is 36.4 Å². The van der Waals surface area contributed by atoms with Crippen molar-refractivity contribution in [2.45, 2.75) is 13.0 Å². The van der Waals surface area contributed by atoms with Crippen LogP contribution in [0.15, 0.2) is 53.5 Å². The predicted octanol–water partition coefficient (Wildman–Crippen LogP) is 3.08. The number of hydrogen-bond donors (Lipinski definition) is 2. The average molecular weight is 393 g/mol. The van der Waals surface area contributed by atoms with Gasteiger partial charge in [-0.2, -0.15) is 8.78 Å². The molecule has 2 aromatic carbocycles. The van der Waals surface area contributed by atoms with E-state index in [-0.39, 0.29) is 11.5 Å². The average Bonchev–Trinajstić information content (AvgIpc) is 2.70. The van der Waals surface area contributed by atoms with Crippen molar-refractivity contribution >= 4 is 5.96 Å². The van der Waals surface area contributed by atoms with E-state index in [2.05, 4.69) is 20.4 Å². The van der Waals surface area contributed by atoms with Gasteiger partial charge in [-0.15, -0.1) is 0 Å². The van der Waals surface area contributed by atoms with E-state index in [0.717, 1.165) is 11.3 Å². The molecule has 2 N–H and O–H groups in total. The van der Waals surface area contributed by atoms with Gasteiger partial charge in [0.15, 0.2) is 17.5 Å². The van der Waals surface area contributed by atoms with Crippen molar-refractivity contribution in [1.82, 2.24) is 10.6 Å². The lowest BCUT2D eigenvalue weighted by Gasteiger charge is -2.14. The first-order valence-electron chi connectivity index (χ1n) is 8.86. The second-order valence-electron chi connectivity index (χ2n) is 5.70. The highest BCUT2D eigenvalue weighted by molar-refractivity contribution is 5.79. The molecule has 6 nitrogen and oxygen atoms in total. The number of para-hydroxylation sites is 1. The molecule has 152 valence electrons. The maximum atomic E-state index is 12.5. The Kier molecular flexibility index (Phi) is 8.84. The number of alkyl halides is 2. The number of methoxy groups -OCH3 is 1. The topological polar surface area (TPSA) is 64.1 Å². The number of ether oxygens (including phenoxy) is 3. The molecular formula is C20H25F2N3O3. The molecule has 0 aliphatic carbocycles. The fourth-order valence-electron chi connectivity index (χ4n) is 2.47. The van der Waals surface area contributed by atoms with Crippen LogP contribution in [0.3, 0.4) is 0 Å². The smallest absolute Gasteiger partial charge is 0.387 e. The molecule has 0 atom stereocenters. The first-order valence-corrected chi connectivity index (χ1v) is 8.86. The van der Waals surface area contributed by atoms with E-state index in [4.69, 9.17) is 9.47 Å². The van der Waals surface area contributed by atoms with Crippen LogP contribution in [0.4, 0.5) is 8.78 Å². The molecule has 0 saturated heterocycles. The maximum absolute atomic E-state index is 12.5. The molecule has 0 radical (unpaired) electrons. The fraction of sp³-hybridized carbons (Fsp3) is 0.350. The van der Waals surface area contributed by atoms with Gasteiger partial charge in [-0.3, -0.25) is 4.99 Å². The van der Waals surface area contributed by atoms with Crippen LogP contribution < -0.4 is 24.8 Å². The minimum Gasteiger partial charge on any atom is -0.493 e. The van der Waals surface area contributed by atoms with Crippen LogP contribution in [0.2, 0.25) is 0 Å². The zero-order chi connectivity index (χ0) is 20.2. The minimum absolute atomic E-state index is 0.0237. The van der Waals surface area contributed by atoms with Crippen LogP contribution in [0.1, 0.15) is 5.56 Å². The highest BCUT2D eigenvalue weighted by atomic mass is 19.3. The van der Waals surface area contributed by atoms with Crippen LogP contribution in [-0.2, 0) is 6.42 Å². The quantitative estimate of drug-likeness (QED) is 0.369. The summed E-state index contributed by atoms with van der Waals surface area (Å²) in [5, 5.41) is 6.32. The molecule has 2 rings (SSSR count). The standard InChI is InChI=1S/C20H25F2N3O3/c1-23-20(25-12-13-27-16-6-4-3-5-7-16)24-11-10-15-8-9-17(26-2)18(14-15)28-19(21)22/h3-9,14,19H,10-13H2,1-2H3,(H2,23,24,25). The molecule has 0 aliphatic rings. The number of hydrogen-bond acceptors (Lipinski definition) is 4. The van der Waals surface area contributed by atoms with Crippen molar-refractivity contribution in [2.75, 3.05) is 33.9 Å². The zero-order valence-corrected chi connectivity index (χ0v) is 16.0. The summed E-state index contributed by atoms with van der Waals surface area (Å²) in [7, 11) is 3.08. The van der Waals surface area contributed by atoms with Gasteiger partial charge in [0, 0.05) is 13.6 Å². The van der Waals surface area contributed by atoms with Gasteiger partial charge in [0.25, 0.3) is 0 Å². The summed E-state index contributed by atoms with van der Waals surface area (Å²) in [5.41, 5.74) is 0.840. The summed E-state index contributed by atoms with van der Waals surface area (Å²) in [4.78, 5) is 4.14. The van der Waals surface area contributed by atoms with Crippen molar-refractivity contribution in [3.05, 3.63) is 54.1 Å². The molecule has 0 fully saturated rings. The third-order valence-corrected chi connectivity index (χ3v) is 3.78. The summed E-state index contributed by atoms with van der Waals surface area (Å²) < 4.78 is 40.1. The van der Waals surface area contributed by atoms with E-state index in [0.29, 0.717) is 32.1 Å². The van der Waals surface area contributed by atoms with Crippen molar-refractivity contribution in [3.8, 4) is 17.2 Å². The molecule has 0 spiro atoms. The largest absolute Gasteiger partial charge is 0.493 e. The summed E-state index contributed by atoms with van der Waals surface area (Å²) >= 11 is 0. The first kappa shape index (κ1) is 21.3. The summed E-state index contributed by atoms with van der Waals surface area (Å²) in [6.07, 6.45) is 0.602. The van der Waals surface area contributed by atoms with E-state index >= 15 is 0 Å². The predicted molar refractivity (Wildman–Crippen MR) is 105 cm³/mol. The van der Waals surface area contributed by atoms with Gasteiger partial charge in [0.2, 0.25) is 0 Å². The van der Waals surface area contributed by atoms with Gasteiger partial charge in [-0.25, -0.2) is 0 Å². The Balaban J connectivity index is 1.74. The Bertz CT molecular complexity index is 743. The second kappa shape index (κ2) is 11.6. The molecule has 0 amide bonds. The molecule has 0 saturated carbocycles. The number of aliphatic imine (C=N–C) groups is 1. The Morgan fingerprint density at radius 2 is 1.79 bits per heavy atom. The number of guanidine groups is 1. The number of nitrogens with one attached hydrogen (secondary N) is 2. The van der Waals surface area contributed by atoms with Gasteiger partial charge in [0.05, 0.1) is 13.7 Å². The van der Waals surface area contributed by atoms with Crippen LogP contribution in [0.25, 0.3) is 0 Å². The van der Waals surface area contributed by atoms with Gasteiger partial charge in [-0.05, 0) is 36.2 Å². The number of nitrogens with zero attached hydrogens (tertiary/aromatic N) is 1. The molecule has 2 aromatic rings. The van der Waals surface area contributed by atoms with Crippen LogP contribution in [0, 0.1) is 0 Å². The molecule has 0 heterocycles. The fourth-order valence-corrected chi connectivity index (χ4v) is 2.47. The Morgan fingerprint density at radius 1 is 1.04 bits per heavy atom. The van der Waals surface area contributed by atoms with Gasteiger partial charge in [-0.1, -0.05) is 24.3 Å². The molecule has 0 aromatic heterocycles. The normalized spacial score (nSPS) is 11.2. The highest BCUT2D eigenvalue weighted by Crippen LogP contribution is 2.29. The van der Waals surface area contributed by atoms with Gasteiger partial charge < -0.3 is 24.8 Å². The van der Waals surface area contributed by atoms with Gasteiger partial charge >= 0.3 is 6.61 Å². The third kappa shape index (κ3) is 7.30. The maximum Gasteiger partial charge on any atom is 0.387 e. The Morgan fingerprint density at radius 3 is 2.46 bits per heavy atom. The first-order chi connectivity index (χ1) is 13.6. The van der Waals surface area contributed by atoms with Crippen molar-refractivity contribution in [1.29, 1.82) is 0 Å². The minimum atomic E-state index is -2.90. The Labute approximate surface area is 163 Å². The summed E-state index contributed by atoms with van der Waals surface area (Å²) in [6, 6.07) is 14.5. The van der Waals surface area contributed by atoms with E-state index in [1.54, 1.807) is 19.2 Å². The zero-order valence-electron chi connectivity index (χ0n) is 16.0. The van der Waals surface area contributed by atoms with E-state index < -0.39 is 6.61 Å². The van der Waals surface area contributed by atoms with Crippen molar-refractivity contribution in [3.63, 3.8) is 0 Å². The molecule has 0 unspecified atom stereocenters. The number of benzene rings is 2. The number of halogens is 2.